The predicted octanol–water partition coefficient (Wildman–Crippen LogP) is 5.72. The van der Waals surface area contributed by atoms with Crippen LogP contribution in [-0.2, 0) is 6.42 Å². The summed E-state index contributed by atoms with van der Waals surface area (Å²) in [5.74, 6) is -0.887. The van der Waals surface area contributed by atoms with Gasteiger partial charge in [0.15, 0.2) is 0 Å². The van der Waals surface area contributed by atoms with Gasteiger partial charge in [-0.2, -0.15) is 0 Å². The maximum atomic E-state index is 12.4. The van der Waals surface area contributed by atoms with Crippen LogP contribution in [0, 0.1) is 0 Å². The van der Waals surface area contributed by atoms with Crippen LogP contribution in [0.2, 0.25) is 0 Å². The average molecular weight is 487 g/mol. The second-order valence-electron chi connectivity index (χ2n) is 8.36. The molecule has 0 amide bonds. The molecule has 31 heavy (non-hydrogen) atoms. The molecule has 4 nitrogen and oxygen atoms in total. The molecule has 1 atom stereocenters. The number of benzene rings is 2. The molecule has 0 spiro atoms. The number of carboxylic acids is 1. The minimum atomic E-state index is -0.887. The van der Waals surface area contributed by atoms with Crippen LogP contribution in [-0.4, -0.2) is 48.3 Å². The number of fused-ring (bicyclic) bond motifs is 1. The molecule has 2 aliphatic rings. The number of anilines is 1. The van der Waals surface area contributed by atoms with E-state index in [0.717, 1.165) is 77.8 Å². The topological polar surface area (TPSA) is 52.6 Å². The molecule has 4 rings (SSSR count). The fourth-order valence-electron chi connectivity index (χ4n) is 4.60. The van der Waals surface area contributed by atoms with Crippen molar-refractivity contribution >= 4 is 33.2 Å². The predicted molar refractivity (Wildman–Crippen MR) is 127 cm³/mol. The van der Waals surface area contributed by atoms with E-state index in [2.05, 4.69) is 50.4 Å². The lowest BCUT2D eigenvalue weighted by Gasteiger charge is -2.18. The molecule has 0 radical (unpaired) electrons. The highest BCUT2D eigenvalue weighted by Gasteiger charge is 2.22. The van der Waals surface area contributed by atoms with Gasteiger partial charge in [0.2, 0.25) is 0 Å². The van der Waals surface area contributed by atoms with Crippen molar-refractivity contribution in [1.82, 2.24) is 4.90 Å². The average Bonchev–Trinajstić information content (AvgIpc) is 3.14. The van der Waals surface area contributed by atoms with Crippen molar-refractivity contribution in [2.24, 2.45) is 0 Å². The van der Waals surface area contributed by atoms with Crippen LogP contribution >= 0.6 is 15.9 Å². The fraction of sp³-hybridized carbons (Fsp3) is 0.400. The minimum absolute atomic E-state index is 0.248. The van der Waals surface area contributed by atoms with Gasteiger partial charge in [-0.1, -0.05) is 34.1 Å². The van der Waals surface area contributed by atoms with E-state index < -0.39 is 5.97 Å². The van der Waals surface area contributed by atoms with Crippen molar-refractivity contribution in [3.63, 3.8) is 0 Å². The van der Waals surface area contributed by atoms with Crippen molar-refractivity contribution in [3.05, 3.63) is 69.2 Å². The van der Waals surface area contributed by atoms with E-state index in [4.69, 9.17) is 0 Å². The maximum Gasteiger partial charge on any atom is 0.335 e. The Balaban J connectivity index is 1.52. The Labute approximate surface area is 191 Å². The van der Waals surface area contributed by atoms with Gasteiger partial charge in [-0.15, -0.1) is 0 Å². The zero-order valence-corrected chi connectivity index (χ0v) is 19.1. The first-order valence-electron chi connectivity index (χ1n) is 11.0. The summed E-state index contributed by atoms with van der Waals surface area (Å²) < 4.78 is 13.6. The summed E-state index contributed by atoms with van der Waals surface area (Å²) in [6.45, 7) is 2.56. The van der Waals surface area contributed by atoms with Crippen molar-refractivity contribution in [2.75, 3.05) is 31.6 Å². The van der Waals surface area contributed by atoms with Crippen molar-refractivity contribution in [1.29, 1.82) is 0 Å². The second kappa shape index (κ2) is 9.96. The summed E-state index contributed by atoms with van der Waals surface area (Å²) in [5.41, 5.74) is 5.90. The zero-order valence-electron chi connectivity index (χ0n) is 17.5. The van der Waals surface area contributed by atoms with Crippen LogP contribution < -0.4 is 5.32 Å². The van der Waals surface area contributed by atoms with Gasteiger partial charge < -0.3 is 15.3 Å². The summed E-state index contributed by atoms with van der Waals surface area (Å²) in [6.07, 6.45) is 4.48. The monoisotopic (exact) mass is 486 g/mol. The Morgan fingerprint density at radius 1 is 1.19 bits per heavy atom. The van der Waals surface area contributed by atoms with Gasteiger partial charge in [0, 0.05) is 35.8 Å². The SMILES string of the molecule is O=C(O)c1ccc2c(c1)CCCC(Br)=C2c1ccc(N[C@H]2CCN(CCCF)C2)cc1. The molecule has 1 fully saturated rings. The highest BCUT2D eigenvalue weighted by molar-refractivity contribution is 9.11. The van der Waals surface area contributed by atoms with Gasteiger partial charge in [0.25, 0.3) is 0 Å². The summed E-state index contributed by atoms with van der Waals surface area (Å²) in [7, 11) is 0. The van der Waals surface area contributed by atoms with Gasteiger partial charge in [0.05, 0.1) is 12.2 Å². The molecule has 164 valence electrons. The standard InChI is InChI=1S/C25H28BrFN2O2/c26-23-4-1-3-18-15-19(25(30)31)7-10-22(18)24(23)17-5-8-20(9-6-17)28-21-11-14-29(16-21)13-2-12-27/h5-10,15,21,28H,1-4,11-14,16H2,(H,30,31)/t21-/m0/s1. The van der Waals surface area contributed by atoms with E-state index >= 15 is 0 Å². The van der Waals surface area contributed by atoms with Gasteiger partial charge in [-0.05, 0) is 78.6 Å². The first-order chi connectivity index (χ1) is 15.0. The number of nitrogens with one attached hydrogen (secondary N) is 1. The van der Waals surface area contributed by atoms with Crippen molar-refractivity contribution in [2.45, 2.75) is 38.1 Å². The Kier molecular flexibility index (Phi) is 7.08. The molecule has 0 bridgehead atoms. The van der Waals surface area contributed by atoms with E-state index in [0.29, 0.717) is 18.0 Å². The third-order valence-corrected chi connectivity index (χ3v) is 6.95. The van der Waals surface area contributed by atoms with Crippen LogP contribution in [0.5, 0.6) is 0 Å². The Morgan fingerprint density at radius 2 is 2.00 bits per heavy atom. The number of hydrogen-bond donors (Lipinski definition) is 2. The molecule has 1 saturated heterocycles. The summed E-state index contributed by atoms with van der Waals surface area (Å²) in [4.78, 5) is 13.7. The van der Waals surface area contributed by atoms with E-state index in [-0.39, 0.29) is 6.67 Å². The molecule has 2 aromatic carbocycles. The van der Waals surface area contributed by atoms with Crippen LogP contribution in [0.25, 0.3) is 5.57 Å². The van der Waals surface area contributed by atoms with E-state index in [1.54, 1.807) is 6.07 Å². The summed E-state index contributed by atoms with van der Waals surface area (Å²) in [5, 5.41) is 13.0. The van der Waals surface area contributed by atoms with Gasteiger partial charge in [-0.25, -0.2) is 4.79 Å². The zero-order chi connectivity index (χ0) is 21.8. The quantitative estimate of drug-likeness (QED) is 0.525. The first-order valence-corrected chi connectivity index (χ1v) is 11.7. The molecule has 1 aliphatic heterocycles. The van der Waals surface area contributed by atoms with Crippen molar-refractivity contribution in [3.8, 4) is 0 Å². The highest BCUT2D eigenvalue weighted by atomic mass is 79.9. The third-order valence-electron chi connectivity index (χ3n) is 6.16. The third kappa shape index (κ3) is 5.18. The Morgan fingerprint density at radius 3 is 2.74 bits per heavy atom. The second-order valence-corrected chi connectivity index (χ2v) is 9.32. The van der Waals surface area contributed by atoms with E-state index in [9.17, 15) is 14.3 Å². The molecule has 1 aliphatic carbocycles. The largest absolute Gasteiger partial charge is 0.478 e. The van der Waals surface area contributed by atoms with Gasteiger partial charge in [-0.3, -0.25) is 4.39 Å². The van der Waals surface area contributed by atoms with Crippen LogP contribution in [0.15, 0.2) is 46.9 Å². The Bertz CT molecular complexity index is 974. The lowest BCUT2D eigenvalue weighted by atomic mass is 9.92. The van der Waals surface area contributed by atoms with E-state index in [1.165, 1.54) is 0 Å². The number of carbonyl (C=O) groups is 1. The number of carboxylic acid groups (broad SMARTS) is 1. The smallest absolute Gasteiger partial charge is 0.335 e. The molecule has 0 aromatic heterocycles. The number of alkyl halides is 1. The number of allylic oxidation sites excluding steroid dienone is 1. The molecule has 0 unspecified atom stereocenters. The lowest BCUT2D eigenvalue weighted by Crippen LogP contribution is -2.27. The van der Waals surface area contributed by atoms with Gasteiger partial charge in [0.1, 0.15) is 0 Å². The number of aryl methyl sites for hydroxylation is 1. The fourth-order valence-corrected chi connectivity index (χ4v) is 5.32. The summed E-state index contributed by atoms with van der Waals surface area (Å²) >= 11 is 3.79. The Hall–Kier alpha value is -2.18. The van der Waals surface area contributed by atoms with Gasteiger partial charge >= 0.3 is 5.97 Å². The number of hydrogen-bond acceptors (Lipinski definition) is 3. The van der Waals surface area contributed by atoms with Crippen LogP contribution in [0.4, 0.5) is 10.1 Å². The number of halogens is 2. The molecular weight excluding hydrogens is 459 g/mol. The molecule has 2 aromatic rings. The normalized spacial score (nSPS) is 19.2. The summed E-state index contributed by atoms with van der Waals surface area (Å²) in [6, 6.07) is 14.3. The molecule has 2 N–H and O–H groups in total. The van der Waals surface area contributed by atoms with E-state index in [1.807, 2.05) is 12.1 Å². The lowest BCUT2D eigenvalue weighted by molar-refractivity contribution is 0.0696. The first kappa shape index (κ1) is 22.0. The maximum absolute atomic E-state index is 12.4. The number of likely N-dealkylation sites (tertiary alicyclic amines) is 1. The molecule has 0 saturated carbocycles. The highest BCUT2D eigenvalue weighted by Crippen LogP contribution is 2.38. The van der Waals surface area contributed by atoms with Crippen LogP contribution in [0.3, 0.4) is 0 Å². The molecule has 6 heteroatoms. The molecular formula is C25H28BrFN2O2. The van der Waals surface area contributed by atoms with Crippen LogP contribution in [0.1, 0.15) is 52.7 Å². The number of aromatic carboxylic acids is 1. The van der Waals surface area contributed by atoms with Crippen molar-refractivity contribution < 1.29 is 14.3 Å². The minimum Gasteiger partial charge on any atom is -0.478 e. The number of rotatable bonds is 7. The molecule has 1 heterocycles. The number of nitrogens with zero attached hydrogens (tertiary/aromatic N) is 1.